The van der Waals surface area contributed by atoms with Gasteiger partial charge in [0, 0.05) is 131 Å². The van der Waals surface area contributed by atoms with Gasteiger partial charge in [0.15, 0.2) is 11.5 Å². The summed E-state index contributed by atoms with van der Waals surface area (Å²) in [7, 11) is 3.44. The predicted octanol–water partition coefficient (Wildman–Crippen LogP) is 6.30. The quantitative estimate of drug-likeness (QED) is 0.203. The van der Waals surface area contributed by atoms with Crippen LogP contribution in [0.5, 0.6) is 17.2 Å². The van der Waals surface area contributed by atoms with Gasteiger partial charge in [-0.3, -0.25) is 4.90 Å². The van der Waals surface area contributed by atoms with Crippen molar-refractivity contribution in [1.29, 1.82) is 0 Å². The third-order valence-corrected chi connectivity index (χ3v) is 9.90. The lowest BCUT2D eigenvalue weighted by Gasteiger charge is -2.40. The SMILES string of the molecule is C#CC#CC#CC#CC#CC#CC#CC#CC#CC#CC#CC#CC#CC#CC#CC#CC.COc1ccc2[nH]c3c(c2c1)CC1c2cc(OCc4ccc(-n5cccn5)cc4)c(OC)cc2CCN1C3. The highest BCUT2D eigenvalue weighted by Crippen LogP contribution is 2.44. The van der Waals surface area contributed by atoms with Crippen LogP contribution in [0.2, 0.25) is 0 Å². The van der Waals surface area contributed by atoms with Gasteiger partial charge in [-0.1, -0.05) is 18.1 Å². The average molecular weight is 907 g/mol. The van der Waals surface area contributed by atoms with Gasteiger partial charge in [0.05, 0.1) is 19.9 Å². The Morgan fingerprint density at radius 3 is 1.68 bits per heavy atom. The normalized spacial score (nSPS) is 10.6. The molecular formula is C64H34N4O3. The van der Waals surface area contributed by atoms with Crippen LogP contribution in [-0.4, -0.2) is 40.4 Å². The number of nitrogens with zero attached hydrogens (tertiary/aromatic N) is 3. The van der Waals surface area contributed by atoms with Crippen molar-refractivity contribution in [3.05, 3.63) is 101 Å². The maximum absolute atomic E-state index is 6.36. The smallest absolute Gasteiger partial charge is 0.162 e. The topological polar surface area (TPSA) is 64.5 Å². The Morgan fingerprint density at radius 2 is 1.18 bits per heavy atom. The van der Waals surface area contributed by atoms with Gasteiger partial charge in [-0.2, -0.15) is 5.10 Å². The van der Waals surface area contributed by atoms with Crippen LogP contribution in [0.1, 0.15) is 40.9 Å². The molecule has 2 aliphatic heterocycles. The van der Waals surface area contributed by atoms with E-state index < -0.39 is 0 Å². The van der Waals surface area contributed by atoms with E-state index in [0.717, 1.165) is 54.4 Å². The maximum Gasteiger partial charge on any atom is 0.162 e. The number of hydrogen-bond donors (Lipinski definition) is 1. The van der Waals surface area contributed by atoms with Crippen LogP contribution in [0.4, 0.5) is 0 Å². The second-order valence-corrected chi connectivity index (χ2v) is 14.1. The Labute approximate surface area is 416 Å². The molecule has 2 aliphatic rings. The summed E-state index contributed by atoms with van der Waals surface area (Å²) in [5.74, 6) is 79.4. The Kier molecular flexibility index (Phi) is 19.3. The van der Waals surface area contributed by atoms with E-state index in [9.17, 15) is 0 Å². The molecule has 1 unspecified atom stereocenters. The van der Waals surface area contributed by atoms with Crippen LogP contribution >= 0.6 is 0 Å². The highest BCUT2D eigenvalue weighted by atomic mass is 16.5. The van der Waals surface area contributed by atoms with Crippen LogP contribution in [0.3, 0.4) is 0 Å². The van der Waals surface area contributed by atoms with E-state index >= 15 is 0 Å². The molecule has 3 aromatic carbocycles. The first-order valence-corrected chi connectivity index (χ1v) is 21.3. The minimum absolute atomic E-state index is 0.304. The summed E-state index contributed by atoms with van der Waals surface area (Å²) in [5.41, 5.74) is 8.69. The van der Waals surface area contributed by atoms with Crippen molar-refractivity contribution in [2.75, 3.05) is 20.8 Å². The number of ether oxygens (including phenoxy) is 3. The van der Waals surface area contributed by atoms with Gasteiger partial charge in [-0.25, -0.2) is 4.68 Å². The molecule has 0 saturated carbocycles. The fourth-order valence-electron chi connectivity index (χ4n) is 6.91. The molecule has 0 bridgehead atoms. The molecule has 4 heterocycles. The van der Waals surface area contributed by atoms with Crippen molar-refractivity contribution >= 4 is 10.9 Å². The second-order valence-electron chi connectivity index (χ2n) is 14.1. The van der Waals surface area contributed by atoms with Crippen molar-refractivity contribution < 1.29 is 14.2 Å². The molecule has 0 radical (unpaired) electrons. The summed E-state index contributed by atoms with van der Waals surface area (Å²) < 4.78 is 19.5. The summed E-state index contributed by atoms with van der Waals surface area (Å²) in [4.78, 5) is 6.24. The van der Waals surface area contributed by atoms with Gasteiger partial charge >= 0.3 is 0 Å². The summed E-state index contributed by atoms with van der Waals surface area (Å²) in [6.45, 7) is 4.11. The molecule has 0 fully saturated rings. The van der Waals surface area contributed by atoms with Crippen LogP contribution in [0.15, 0.2) is 73.1 Å². The number of H-pyrrole nitrogens is 1. The highest BCUT2D eigenvalue weighted by molar-refractivity contribution is 5.86. The van der Waals surface area contributed by atoms with E-state index in [4.69, 9.17) is 20.6 Å². The minimum Gasteiger partial charge on any atom is -0.497 e. The number of hydrogen-bond acceptors (Lipinski definition) is 5. The van der Waals surface area contributed by atoms with Crippen molar-refractivity contribution in [3.63, 3.8) is 0 Å². The second kappa shape index (κ2) is 27.9. The first-order chi connectivity index (χ1) is 35.1. The van der Waals surface area contributed by atoms with Crippen molar-refractivity contribution in [1.82, 2.24) is 19.7 Å². The number of methoxy groups -OCH3 is 2. The molecule has 5 aromatic rings. The monoisotopic (exact) mass is 906 g/mol. The van der Waals surface area contributed by atoms with Crippen LogP contribution in [0.25, 0.3) is 16.6 Å². The van der Waals surface area contributed by atoms with Gasteiger partial charge in [-0.05, 0) is 185 Å². The molecule has 7 rings (SSSR count). The molecule has 2 aromatic heterocycles. The Morgan fingerprint density at radius 1 is 0.634 bits per heavy atom. The minimum atomic E-state index is 0.304. The third-order valence-electron chi connectivity index (χ3n) is 9.90. The third kappa shape index (κ3) is 15.4. The number of terminal acetylenes is 1. The lowest BCUT2D eigenvalue weighted by molar-refractivity contribution is 0.158. The van der Waals surface area contributed by atoms with E-state index in [2.05, 4.69) is 247 Å². The zero-order chi connectivity index (χ0) is 49.6. The fourth-order valence-corrected chi connectivity index (χ4v) is 6.91. The van der Waals surface area contributed by atoms with Gasteiger partial charge in [-0.15, -0.1) is 6.42 Å². The van der Waals surface area contributed by atoms with Crippen LogP contribution in [-0.2, 0) is 26.0 Å². The Hall–Kier alpha value is -11.3. The van der Waals surface area contributed by atoms with E-state index in [1.807, 2.05) is 23.0 Å². The molecule has 1 N–H and O–H groups in total. The molecule has 0 aliphatic carbocycles. The van der Waals surface area contributed by atoms with E-state index in [1.54, 1.807) is 27.3 Å². The molecule has 7 nitrogen and oxygen atoms in total. The van der Waals surface area contributed by atoms with Gasteiger partial charge in [0.25, 0.3) is 0 Å². The van der Waals surface area contributed by atoms with Crippen molar-refractivity contribution in [3.8, 4) is 213 Å². The number of benzene rings is 3. The fraction of sp³-hybridized carbons (Fsp3) is 0.141. The lowest BCUT2D eigenvalue weighted by Crippen LogP contribution is -2.39. The zero-order valence-corrected chi connectivity index (χ0v) is 38.7. The zero-order valence-electron chi connectivity index (χ0n) is 38.7. The number of fused-ring (bicyclic) bond motifs is 6. The number of aromatic amines is 1. The molecule has 0 spiro atoms. The summed E-state index contributed by atoms with van der Waals surface area (Å²) in [6, 6.07) is 21.2. The first-order valence-electron chi connectivity index (χ1n) is 21.3. The molecule has 7 heteroatoms. The summed E-state index contributed by atoms with van der Waals surface area (Å²) in [6.07, 6.45) is 10.6. The average Bonchev–Trinajstić information content (AvgIpc) is 4.08. The van der Waals surface area contributed by atoms with Crippen LogP contribution < -0.4 is 14.2 Å². The van der Waals surface area contributed by atoms with E-state index in [-0.39, 0.29) is 0 Å². The standard InChI is InChI=1S/C33H4.C31H30N4O3/c1-3-5-7-9-11-13-15-17-19-21-23-25-27-29-31-33-32-30-28-26-24-22-20-18-16-14-12-10-8-6-4-2;1-36-23-8-9-27-25(15-23)26-16-29-24-17-31(30(37-2)14-21(24)10-13-34(29)18-28(26)33-27)38-19-20-4-6-22(7-5-20)35-12-3-11-32-35/h1H,2H3;3-9,11-12,14-15,17,29,33H,10,13,16,18-19H2,1-2H3. The Bertz CT molecular complexity index is 3920. The van der Waals surface area contributed by atoms with Crippen LogP contribution in [0, 0.1) is 190 Å². The first kappa shape index (κ1) is 49.2. The van der Waals surface area contributed by atoms with Gasteiger partial charge in [0.1, 0.15) is 12.4 Å². The van der Waals surface area contributed by atoms with E-state index in [1.165, 1.54) is 33.3 Å². The molecule has 71 heavy (non-hydrogen) atoms. The number of rotatable bonds is 6. The molecule has 0 saturated heterocycles. The summed E-state index contributed by atoms with van der Waals surface area (Å²) >= 11 is 0. The maximum atomic E-state index is 6.36. The Balaban J connectivity index is 0.000000236. The van der Waals surface area contributed by atoms with Gasteiger partial charge in [0.2, 0.25) is 0 Å². The molecular weight excluding hydrogens is 873 g/mol. The number of nitrogens with one attached hydrogen (secondary N) is 1. The molecule has 328 valence electrons. The number of aromatic nitrogens is 3. The van der Waals surface area contributed by atoms with Gasteiger partial charge < -0.3 is 19.2 Å². The van der Waals surface area contributed by atoms with Crippen molar-refractivity contribution in [2.45, 2.75) is 39.0 Å². The molecule has 0 amide bonds. The van der Waals surface area contributed by atoms with Crippen molar-refractivity contribution in [2.24, 2.45) is 0 Å². The lowest BCUT2D eigenvalue weighted by atomic mass is 9.85. The summed E-state index contributed by atoms with van der Waals surface area (Å²) in [5, 5.41) is 5.56. The molecule has 1 atom stereocenters. The van der Waals surface area contributed by atoms with E-state index in [0.29, 0.717) is 12.6 Å². The highest BCUT2D eigenvalue weighted by Gasteiger charge is 2.35. The largest absolute Gasteiger partial charge is 0.497 e. The predicted molar refractivity (Wildman–Crippen MR) is 277 cm³/mol.